The molecule has 5 saturated carbocycles. The second-order valence-electron chi connectivity index (χ2n) is 13.9. The van der Waals surface area contributed by atoms with Crippen LogP contribution in [0.5, 0.6) is 0 Å². The smallest absolute Gasteiger partial charge is 0.00675 e. The highest BCUT2D eigenvalue weighted by atomic mass is 14.8. The summed E-state index contributed by atoms with van der Waals surface area (Å²) in [6.45, 7) is 18.3. The van der Waals surface area contributed by atoms with Crippen LogP contribution in [0.4, 0.5) is 0 Å². The lowest BCUT2D eigenvalue weighted by Crippen LogP contribution is -2.66. The van der Waals surface area contributed by atoms with Crippen molar-refractivity contribution in [3.05, 3.63) is 12.2 Å². The van der Waals surface area contributed by atoms with Crippen LogP contribution >= 0.6 is 0 Å². The monoisotopic (exact) mass is 426 g/mol. The molecule has 0 aromatic rings. The summed E-state index contributed by atoms with van der Waals surface area (Å²) in [5.74, 6) is 4.69. The fourth-order valence-electron chi connectivity index (χ4n) is 11.3. The first-order valence-corrected chi connectivity index (χ1v) is 13.7. The Bertz CT molecular complexity index is 745. The molecule has 0 aliphatic heterocycles. The van der Waals surface area contributed by atoms with Gasteiger partial charge in [-0.05, 0) is 135 Å². The van der Waals surface area contributed by atoms with Crippen LogP contribution < -0.4 is 11.5 Å². The molecule has 176 valence electrons. The molecule has 0 saturated heterocycles. The van der Waals surface area contributed by atoms with Gasteiger partial charge in [0.1, 0.15) is 0 Å². The maximum atomic E-state index is 6.59. The van der Waals surface area contributed by atoms with Gasteiger partial charge in [-0.1, -0.05) is 39.8 Å². The topological polar surface area (TPSA) is 52.0 Å². The number of allylic oxidation sites excluding steroid dienone is 1. The Kier molecular flexibility index (Phi) is 5.13. The molecule has 5 rings (SSSR count). The number of rotatable bonds is 2. The zero-order valence-electron chi connectivity index (χ0n) is 21.2. The van der Waals surface area contributed by atoms with Crippen molar-refractivity contribution in [2.75, 3.05) is 6.54 Å². The molecule has 2 heteroatoms. The molecule has 0 aromatic heterocycles. The van der Waals surface area contributed by atoms with Gasteiger partial charge in [-0.15, -0.1) is 0 Å². The SMILES string of the molecule is C=C(C)C1CCC2(CN)CCC3(C)C(CCC4C5(C)CCC(N)C(C)C5CCC43C)C12. The van der Waals surface area contributed by atoms with E-state index in [9.17, 15) is 0 Å². The highest BCUT2D eigenvalue weighted by molar-refractivity contribution is 5.21. The molecular formula is C29H50N2. The van der Waals surface area contributed by atoms with Crippen molar-refractivity contribution in [3.8, 4) is 0 Å². The van der Waals surface area contributed by atoms with E-state index in [0.717, 1.165) is 30.2 Å². The minimum absolute atomic E-state index is 0.393. The summed E-state index contributed by atoms with van der Waals surface area (Å²) in [4.78, 5) is 0. The molecule has 0 amide bonds. The minimum atomic E-state index is 0.393. The first-order valence-electron chi connectivity index (χ1n) is 13.7. The van der Waals surface area contributed by atoms with E-state index in [2.05, 4.69) is 41.2 Å². The summed E-state index contributed by atoms with van der Waals surface area (Å²) in [7, 11) is 0. The number of fused-ring (bicyclic) bond motifs is 7. The van der Waals surface area contributed by atoms with Crippen LogP contribution in [-0.2, 0) is 0 Å². The van der Waals surface area contributed by atoms with Crippen molar-refractivity contribution >= 4 is 0 Å². The lowest BCUT2D eigenvalue weighted by molar-refractivity contribution is -0.228. The van der Waals surface area contributed by atoms with Crippen LogP contribution in [0.15, 0.2) is 12.2 Å². The summed E-state index contributed by atoms with van der Waals surface area (Å²) in [6.07, 6.45) is 13.7. The Hall–Kier alpha value is -0.340. The minimum Gasteiger partial charge on any atom is -0.330 e. The Morgan fingerprint density at radius 3 is 2.29 bits per heavy atom. The first-order chi connectivity index (χ1) is 14.5. The molecule has 0 aromatic carbocycles. The van der Waals surface area contributed by atoms with Gasteiger partial charge >= 0.3 is 0 Å². The number of nitrogens with two attached hydrogens (primary N) is 2. The van der Waals surface area contributed by atoms with Crippen LogP contribution in [0.3, 0.4) is 0 Å². The van der Waals surface area contributed by atoms with E-state index in [-0.39, 0.29) is 0 Å². The van der Waals surface area contributed by atoms with Gasteiger partial charge in [-0.3, -0.25) is 0 Å². The highest BCUT2D eigenvalue weighted by Crippen LogP contribution is 2.76. The molecule has 0 spiro atoms. The largest absolute Gasteiger partial charge is 0.330 e. The van der Waals surface area contributed by atoms with Gasteiger partial charge in [0.15, 0.2) is 0 Å². The lowest BCUT2D eigenvalue weighted by Gasteiger charge is -2.72. The van der Waals surface area contributed by atoms with Gasteiger partial charge in [0, 0.05) is 6.04 Å². The normalized spacial score (nSPS) is 58.6. The standard InChI is InChI=1S/C29H50N2/c1-18(2)20-9-14-29(17-30)16-15-27(5)22(25(20)29)7-8-24-26(4)12-11-23(31)19(3)21(26)10-13-28(24,27)6/h19-25H,1,7-17,30-31H2,2-6H3. The maximum Gasteiger partial charge on any atom is 0.00675 e. The van der Waals surface area contributed by atoms with Gasteiger partial charge in [-0.25, -0.2) is 0 Å². The number of hydrogen-bond acceptors (Lipinski definition) is 2. The molecule has 2 nitrogen and oxygen atoms in total. The van der Waals surface area contributed by atoms with Crippen molar-refractivity contribution in [2.24, 2.45) is 68.6 Å². The zero-order valence-corrected chi connectivity index (χ0v) is 21.2. The third-order valence-corrected chi connectivity index (χ3v) is 13.3. The molecule has 11 unspecified atom stereocenters. The summed E-state index contributed by atoms with van der Waals surface area (Å²) in [5.41, 5.74) is 16.4. The molecule has 31 heavy (non-hydrogen) atoms. The average Bonchev–Trinajstić information content (AvgIpc) is 3.12. The fourth-order valence-corrected chi connectivity index (χ4v) is 11.3. The summed E-state index contributed by atoms with van der Waals surface area (Å²) in [6, 6.07) is 0.420. The molecular weight excluding hydrogens is 376 g/mol. The van der Waals surface area contributed by atoms with Crippen LogP contribution in [0.25, 0.3) is 0 Å². The van der Waals surface area contributed by atoms with E-state index in [4.69, 9.17) is 11.5 Å². The van der Waals surface area contributed by atoms with Crippen LogP contribution in [0.1, 0.15) is 98.8 Å². The zero-order chi connectivity index (χ0) is 22.4. The number of hydrogen-bond donors (Lipinski definition) is 2. The fraction of sp³-hybridized carbons (Fsp3) is 0.931. The predicted molar refractivity (Wildman–Crippen MR) is 131 cm³/mol. The second-order valence-corrected chi connectivity index (χ2v) is 13.9. The van der Waals surface area contributed by atoms with Crippen molar-refractivity contribution in [3.63, 3.8) is 0 Å². The van der Waals surface area contributed by atoms with Crippen LogP contribution in [-0.4, -0.2) is 12.6 Å². The van der Waals surface area contributed by atoms with E-state index in [1.807, 2.05) is 0 Å². The molecule has 0 heterocycles. The van der Waals surface area contributed by atoms with Gasteiger partial charge in [0.05, 0.1) is 0 Å². The van der Waals surface area contributed by atoms with Crippen molar-refractivity contribution in [1.29, 1.82) is 0 Å². The van der Waals surface area contributed by atoms with Crippen molar-refractivity contribution in [1.82, 2.24) is 0 Å². The summed E-state index contributed by atoms with van der Waals surface area (Å²) < 4.78 is 0. The predicted octanol–water partition coefficient (Wildman–Crippen LogP) is 6.54. The van der Waals surface area contributed by atoms with E-state index < -0.39 is 0 Å². The molecule has 0 radical (unpaired) electrons. The van der Waals surface area contributed by atoms with Crippen LogP contribution in [0, 0.1) is 57.2 Å². The summed E-state index contributed by atoms with van der Waals surface area (Å²) in [5, 5.41) is 0. The van der Waals surface area contributed by atoms with E-state index in [0.29, 0.717) is 39.5 Å². The molecule has 11 atom stereocenters. The first kappa shape index (κ1) is 22.5. The van der Waals surface area contributed by atoms with Gasteiger partial charge in [0.2, 0.25) is 0 Å². The molecule has 0 bridgehead atoms. The molecule has 5 fully saturated rings. The van der Waals surface area contributed by atoms with Gasteiger partial charge in [-0.2, -0.15) is 0 Å². The maximum absolute atomic E-state index is 6.59. The molecule has 5 aliphatic rings. The highest BCUT2D eigenvalue weighted by Gasteiger charge is 2.69. The Labute approximate surface area is 192 Å². The molecule has 4 N–H and O–H groups in total. The summed E-state index contributed by atoms with van der Waals surface area (Å²) >= 11 is 0. The Morgan fingerprint density at radius 1 is 0.871 bits per heavy atom. The average molecular weight is 427 g/mol. The molecule has 5 aliphatic carbocycles. The van der Waals surface area contributed by atoms with E-state index in [1.165, 1.54) is 69.8 Å². The Balaban J connectivity index is 1.54. The Morgan fingerprint density at radius 2 is 1.61 bits per heavy atom. The van der Waals surface area contributed by atoms with Gasteiger partial charge < -0.3 is 11.5 Å². The second kappa shape index (κ2) is 7.08. The van der Waals surface area contributed by atoms with E-state index in [1.54, 1.807) is 0 Å². The van der Waals surface area contributed by atoms with E-state index >= 15 is 0 Å². The third-order valence-electron chi connectivity index (χ3n) is 13.3. The van der Waals surface area contributed by atoms with Gasteiger partial charge in [0.25, 0.3) is 0 Å². The van der Waals surface area contributed by atoms with Crippen molar-refractivity contribution in [2.45, 2.75) is 105 Å². The van der Waals surface area contributed by atoms with Crippen LogP contribution in [0.2, 0.25) is 0 Å². The van der Waals surface area contributed by atoms with Crippen molar-refractivity contribution < 1.29 is 0 Å². The third kappa shape index (κ3) is 2.70. The lowest BCUT2D eigenvalue weighted by atomic mass is 9.33. The quantitative estimate of drug-likeness (QED) is 0.492.